The second-order valence-electron chi connectivity index (χ2n) is 8.31. The predicted molar refractivity (Wildman–Crippen MR) is 129 cm³/mol. The molecule has 0 saturated heterocycles. The first-order valence-electron chi connectivity index (χ1n) is 11.3. The number of amides is 2. The molecule has 9 nitrogen and oxygen atoms in total. The van der Waals surface area contributed by atoms with Crippen LogP contribution in [0, 0.1) is 6.92 Å². The largest absolute Gasteiger partial charge is 0.326 e. The minimum Gasteiger partial charge on any atom is -0.326 e. The molecule has 2 aromatic heterocycles. The first-order valence-corrected chi connectivity index (χ1v) is 11.3. The van der Waals surface area contributed by atoms with Gasteiger partial charge >= 0.3 is 0 Å². The molecule has 176 valence electrons. The Hall–Kier alpha value is -3.98. The Morgan fingerprint density at radius 1 is 1.03 bits per heavy atom. The van der Waals surface area contributed by atoms with Crippen LogP contribution >= 0.6 is 0 Å². The number of aryl methyl sites for hydroxylation is 1. The van der Waals surface area contributed by atoms with Gasteiger partial charge in [0.05, 0.1) is 23.1 Å². The minimum absolute atomic E-state index is 0.128. The zero-order valence-corrected chi connectivity index (χ0v) is 19.0. The molecule has 34 heavy (non-hydrogen) atoms. The molecular weight excluding hydrogens is 432 g/mol. The molecule has 0 fully saturated rings. The summed E-state index contributed by atoms with van der Waals surface area (Å²) < 4.78 is 2.13. The van der Waals surface area contributed by atoms with Gasteiger partial charge in [0.2, 0.25) is 11.8 Å². The van der Waals surface area contributed by atoms with Gasteiger partial charge in [0.1, 0.15) is 0 Å². The van der Waals surface area contributed by atoms with E-state index in [0.717, 1.165) is 35.3 Å². The Morgan fingerprint density at radius 2 is 1.82 bits per heavy atom. The Labute approximate surface area is 197 Å². The van der Waals surface area contributed by atoms with Crippen molar-refractivity contribution in [3.8, 4) is 11.3 Å². The highest BCUT2D eigenvalue weighted by molar-refractivity contribution is 5.90. The fourth-order valence-corrected chi connectivity index (χ4v) is 3.86. The number of H-pyrrole nitrogens is 1. The van der Waals surface area contributed by atoms with Gasteiger partial charge < -0.3 is 9.88 Å². The third-order valence-electron chi connectivity index (χ3n) is 5.81. The Balaban J connectivity index is 1.38. The second-order valence-corrected chi connectivity index (χ2v) is 8.31. The molecule has 0 bridgehead atoms. The summed E-state index contributed by atoms with van der Waals surface area (Å²) >= 11 is 0. The molecule has 4 aromatic rings. The van der Waals surface area contributed by atoms with E-state index in [0.29, 0.717) is 25.1 Å². The molecule has 4 N–H and O–H groups in total. The maximum Gasteiger partial charge on any atom is 0.243 e. The summed E-state index contributed by atoms with van der Waals surface area (Å²) in [6.07, 6.45) is 4.44. The van der Waals surface area contributed by atoms with Crippen LogP contribution in [0.4, 0.5) is 5.82 Å². The van der Waals surface area contributed by atoms with Crippen LogP contribution in [-0.2, 0) is 16.1 Å². The van der Waals surface area contributed by atoms with Crippen LogP contribution < -0.4 is 10.8 Å². The van der Waals surface area contributed by atoms with Gasteiger partial charge in [-0.05, 0) is 43.0 Å². The van der Waals surface area contributed by atoms with Crippen molar-refractivity contribution >= 4 is 28.7 Å². The van der Waals surface area contributed by atoms with Gasteiger partial charge in [-0.15, -0.1) is 0 Å². The lowest BCUT2D eigenvalue weighted by Crippen LogP contribution is -2.17. The van der Waals surface area contributed by atoms with Crippen molar-refractivity contribution in [2.75, 3.05) is 5.32 Å². The van der Waals surface area contributed by atoms with E-state index in [1.54, 1.807) is 5.48 Å². The maximum absolute atomic E-state index is 12.2. The molecule has 0 saturated carbocycles. The van der Waals surface area contributed by atoms with E-state index >= 15 is 0 Å². The smallest absolute Gasteiger partial charge is 0.243 e. The van der Waals surface area contributed by atoms with E-state index in [1.165, 1.54) is 11.1 Å². The zero-order valence-electron chi connectivity index (χ0n) is 19.0. The lowest BCUT2D eigenvalue weighted by molar-refractivity contribution is -0.129. The van der Waals surface area contributed by atoms with Gasteiger partial charge in [-0.2, -0.15) is 5.10 Å². The SMILES string of the molecule is Cc1ccccc1Cn1cnc2ccc(-c3cc(NC(=O)CCCCCC(=O)NO)n[nH]3)cc21. The van der Waals surface area contributed by atoms with Gasteiger partial charge in [0.25, 0.3) is 0 Å². The number of nitrogens with one attached hydrogen (secondary N) is 3. The number of carbonyl (C=O) groups is 2. The van der Waals surface area contributed by atoms with Crippen LogP contribution in [0.3, 0.4) is 0 Å². The van der Waals surface area contributed by atoms with Crippen molar-refractivity contribution < 1.29 is 14.8 Å². The average Bonchev–Trinajstić information content (AvgIpc) is 3.47. The summed E-state index contributed by atoms with van der Waals surface area (Å²) in [5.41, 5.74) is 7.79. The quantitative estimate of drug-likeness (QED) is 0.161. The summed E-state index contributed by atoms with van der Waals surface area (Å²) in [5.74, 6) is -0.0745. The van der Waals surface area contributed by atoms with Crippen molar-refractivity contribution in [2.45, 2.75) is 45.6 Å². The van der Waals surface area contributed by atoms with Crippen LogP contribution in [0.2, 0.25) is 0 Å². The third-order valence-corrected chi connectivity index (χ3v) is 5.81. The number of hydrogen-bond acceptors (Lipinski definition) is 5. The molecule has 0 radical (unpaired) electrons. The number of rotatable bonds is 10. The van der Waals surface area contributed by atoms with Crippen molar-refractivity contribution in [1.82, 2.24) is 25.2 Å². The summed E-state index contributed by atoms with van der Waals surface area (Å²) in [5, 5.41) is 18.5. The molecule has 4 rings (SSSR count). The molecule has 0 aliphatic rings. The van der Waals surface area contributed by atoms with Crippen LogP contribution in [0.15, 0.2) is 54.9 Å². The van der Waals surface area contributed by atoms with Crippen molar-refractivity contribution in [1.29, 1.82) is 0 Å². The molecule has 2 amide bonds. The molecule has 0 aliphatic heterocycles. The van der Waals surface area contributed by atoms with Crippen LogP contribution in [-0.4, -0.2) is 36.8 Å². The maximum atomic E-state index is 12.2. The van der Waals surface area contributed by atoms with Crippen molar-refractivity contribution in [3.63, 3.8) is 0 Å². The Bertz CT molecular complexity index is 1290. The van der Waals surface area contributed by atoms with Crippen molar-refractivity contribution in [3.05, 3.63) is 66.0 Å². The molecule has 0 spiro atoms. The number of hydrogen-bond donors (Lipinski definition) is 4. The number of aromatic nitrogens is 4. The van der Waals surface area contributed by atoms with Gasteiger partial charge in [-0.25, -0.2) is 10.5 Å². The number of aromatic amines is 1. The molecular formula is C25H28N6O3. The summed E-state index contributed by atoms with van der Waals surface area (Å²) in [6.45, 7) is 2.84. The van der Waals surface area contributed by atoms with Crippen LogP contribution in [0.25, 0.3) is 22.3 Å². The first-order chi connectivity index (χ1) is 16.5. The minimum atomic E-state index is -0.412. The summed E-state index contributed by atoms with van der Waals surface area (Å²) in [6, 6.07) is 16.2. The molecule has 2 heterocycles. The van der Waals surface area contributed by atoms with Gasteiger partial charge in [0.15, 0.2) is 5.82 Å². The van der Waals surface area contributed by atoms with E-state index in [2.05, 4.69) is 50.2 Å². The summed E-state index contributed by atoms with van der Waals surface area (Å²) in [7, 11) is 0. The molecule has 0 unspecified atom stereocenters. The number of carbonyl (C=O) groups excluding carboxylic acids is 2. The molecule has 0 aliphatic carbocycles. The van der Waals surface area contributed by atoms with Crippen molar-refractivity contribution in [2.24, 2.45) is 0 Å². The van der Waals surface area contributed by atoms with E-state index in [-0.39, 0.29) is 12.3 Å². The van der Waals surface area contributed by atoms with Gasteiger partial charge in [0, 0.05) is 31.0 Å². The molecule has 2 aromatic carbocycles. The van der Waals surface area contributed by atoms with E-state index < -0.39 is 5.91 Å². The molecule has 9 heteroatoms. The average molecular weight is 461 g/mol. The normalized spacial score (nSPS) is 11.0. The highest BCUT2D eigenvalue weighted by atomic mass is 16.5. The van der Waals surface area contributed by atoms with Crippen LogP contribution in [0.1, 0.15) is 43.2 Å². The summed E-state index contributed by atoms with van der Waals surface area (Å²) in [4.78, 5) is 27.7. The highest BCUT2D eigenvalue weighted by Gasteiger charge is 2.11. The third kappa shape index (κ3) is 5.68. The second kappa shape index (κ2) is 10.8. The number of imidazole rings is 1. The van der Waals surface area contributed by atoms with Gasteiger partial charge in [-0.3, -0.25) is 19.9 Å². The topological polar surface area (TPSA) is 125 Å². The number of nitrogens with zero attached hydrogens (tertiary/aromatic N) is 3. The van der Waals surface area contributed by atoms with E-state index in [4.69, 9.17) is 5.21 Å². The predicted octanol–water partition coefficient (Wildman–Crippen LogP) is 4.18. The van der Waals surface area contributed by atoms with Crippen LogP contribution in [0.5, 0.6) is 0 Å². The zero-order chi connectivity index (χ0) is 23.9. The number of fused-ring (bicyclic) bond motifs is 1. The Kier molecular flexibility index (Phi) is 7.34. The fourth-order valence-electron chi connectivity index (χ4n) is 3.86. The van der Waals surface area contributed by atoms with E-state index in [1.807, 2.05) is 36.7 Å². The molecule has 0 atom stereocenters. The van der Waals surface area contributed by atoms with E-state index in [9.17, 15) is 9.59 Å². The Morgan fingerprint density at radius 3 is 2.62 bits per heavy atom. The number of benzene rings is 2. The van der Waals surface area contributed by atoms with Gasteiger partial charge in [-0.1, -0.05) is 36.8 Å². The lowest BCUT2D eigenvalue weighted by atomic mass is 10.1. The number of unbranched alkanes of at least 4 members (excludes halogenated alkanes) is 2. The highest BCUT2D eigenvalue weighted by Crippen LogP contribution is 2.25. The monoisotopic (exact) mass is 460 g/mol. The lowest BCUT2D eigenvalue weighted by Gasteiger charge is -2.08. The first kappa shape index (κ1) is 23.2. The fraction of sp³-hybridized carbons (Fsp3) is 0.280. The standard InChI is InChI=1S/C25H28N6O3/c1-17-7-5-6-8-19(17)15-31-16-26-20-12-11-18(13-22(20)31)21-14-23(29-28-21)27-24(32)9-3-2-4-10-25(33)30-34/h5-8,11-14,16,34H,2-4,9-10,15H2,1H3,(H,30,33)(H2,27,28,29,32). The number of anilines is 1. The number of hydroxylamine groups is 1.